The minimum Gasteiger partial charge on any atom is -0.394 e. The van der Waals surface area contributed by atoms with Crippen LogP contribution in [-0.4, -0.2) is 48.3 Å². The Morgan fingerprint density at radius 3 is 2.06 bits per heavy atom. The Labute approximate surface area is 114 Å². The molecule has 3 nitrogen and oxygen atoms in total. The van der Waals surface area contributed by atoms with Crippen molar-refractivity contribution in [2.75, 3.05) is 32.8 Å². The predicted molar refractivity (Wildman–Crippen MR) is 80.0 cm³/mol. The quantitative estimate of drug-likeness (QED) is 0.565. The van der Waals surface area contributed by atoms with Gasteiger partial charge < -0.3 is 15.3 Å². The zero-order valence-electron chi connectivity index (χ0n) is 13.0. The molecule has 1 atom stereocenters. The number of rotatable bonds is 12. The van der Waals surface area contributed by atoms with Gasteiger partial charge in [0, 0.05) is 5.54 Å². The molecule has 0 aliphatic carbocycles. The van der Waals surface area contributed by atoms with Crippen LogP contribution in [0.1, 0.15) is 59.8 Å². The van der Waals surface area contributed by atoms with E-state index < -0.39 is 0 Å². The van der Waals surface area contributed by atoms with Crippen LogP contribution < -0.4 is 5.32 Å². The largest absolute Gasteiger partial charge is 0.394 e. The molecule has 0 saturated carbocycles. The molecule has 0 bridgehead atoms. The Morgan fingerprint density at radius 1 is 1.00 bits per heavy atom. The predicted octanol–water partition coefficient (Wildman–Crippen LogP) is 2.64. The summed E-state index contributed by atoms with van der Waals surface area (Å²) in [5, 5.41) is 13.0. The van der Waals surface area contributed by atoms with Crippen molar-refractivity contribution in [2.24, 2.45) is 0 Å². The van der Waals surface area contributed by atoms with Gasteiger partial charge >= 0.3 is 0 Å². The SMILES string of the molecule is CCCNC(C)(CO)CCCN(CCC)CCC. The van der Waals surface area contributed by atoms with Crippen LogP contribution in [0.15, 0.2) is 0 Å². The summed E-state index contributed by atoms with van der Waals surface area (Å²) in [6.45, 7) is 13.6. The third-order valence-electron chi connectivity index (χ3n) is 3.43. The van der Waals surface area contributed by atoms with Crippen molar-refractivity contribution in [3.8, 4) is 0 Å². The van der Waals surface area contributed by atoms with Crippen molar-refractivity contribution >= 4 is 0 Å². The average Bonchev–Trinajstić information content (AvgIpc) is 2.37. The number of nitrogens with zero attached hydrogens (tertiary/aromatic N) is 1. The maximum absolute atomic E-state index is 9.51. The van der Waals surface area contributed by atoms with Crippen LogP contribution in [0.2, 0.25) is 0 Å². The lowest BCUT2D eigenvalue weighted by Crippen LogP contribution is -2.46. The summed E-state index contributed by atoms with van der Waals surface area (Å²) in [5.74, 6) is 0. The molecule has 3 heteroatoms. The number of hydrogen-bond donors (Lipinski definition) is 2. The second-order valence-electron chi connectivity index (χ2n) is 5.59. The van der Waals surface area contributed by atoms with E-state index in [0.29, 0.717) is 0 Å². The molecule has 0 spiro atoms. The van der Waals surface area contributed by atoms with Crippen molar-refractivity contribution in [2.45, 2.75) is 65.3 Å². The van der Waals surface area contributed by atoms with Crippen LogP contribution in [0.3, 0.4) is 0 Å². The summed E-state index contributed by atoms with van der Waals surface area (Å²) in [4.78, 5) is 2.54. The molecular formula is C15H34N2O. The van der Waals surface area contributed by atoms with Gasteiger partial charge in [0.15, 0.2) is 0 Å². The van der Waals surface area contributed by atoms with E-state index in [9.17, 15) is 5.11 Å². The Hall–Kier alpha value is -0.120. The van der Waals surface area contributed by atoms with Crippen molar-refractivity contribution in [1.29, 1.82) is 0 Å². The van der Waals surface area contributed by atoms with E-state index in [1.807, 2.05) is 0 Å². The van der Waals surface area contributed by atoms with Gasteiger partial charge in [0.05, 0.1) is 6.61 Å². The number of aliphatic hydroxyl groups is 1. The monoisotopic (exact) mass is 258 g/mol. The van der Waals surface area contributed by atoms with E-state index >= 15 is 0 Å². The Bertz CT molecular complexity index is 181. The van der Waals surface area contributed by atoms with Gasteiger partial charge in [0.1, 0.15) is 0 Å². The topological polar surface area (TPSA) is 35.5 Å². The van der Waals surface area contributed by atoms with E-state index in [-0.39, 0.29) is 12.1 Å². The molecule has 110 valence electrons. The summed E-state index contributed by atoms with van der Waals surface area (Å²) in [5.41, 5.74) is -0.0971. The second-order valence-corrected chi connectivity index (χ2v) is 5.59. The van der Waals surface area contributed by atoms with E-state index in [4.69, 9.17) is 0 Å². The van der Waals surface area contributed by atoms with Crippen LogP contribution in [-0.2, 0) is 0 Å². The maximum atomic E-state index is 9.51. The number of hydrogen-bond acceptors (Lipinski definition) is 3. The molecule has 0 saturated heterocycles. The number of aliphatic hydroxyl groups excluding tert-OH is 1. The molecule has 0 aliphatic rings. The molecule has 0 fully saturated rings. The van der Waals surface area contributed by atoms with Gasteiger partial charge in [-0.2, -0.15) is 0 Å². The molecule has 0 aromatic rings. The van der Waals surface area contributed by atoms with Gasteiger partial charge in [0.25, 0.3) is 0 Å². The summed E-state index contributed by atoms with van der Waals surface area (Å²) in [6.07, 6.45) is 5.78. The summed E-state index contributed by atoms with van der Waals surface area (Å²) in [7, 11) is 0. The maximum Gasteiger partial charge on any atom is 0.0610 e. The molecule has 0 rings (SSSR count). The fourth-order valence-electron chi connectivity index (χ4n) is 2.31. The van der Waals surface area contributed by atoms with Gasteiger partial charge in [-0.1, -0.05) is 20.8 Å². The van der Waals surface area contributed by atoms with Gasteiger partial charge in [-0.15, -0.1) is 0 Å². The fraction of sp³-hybridized carbons (Fsp3) is 1.00. The Morgan fingerprint density at radius 2 is 1.61 bits per heavy atom. The van der Waals surface area contributed by atoms with E-state index in [2.05, 4.69) is 37.9 Å². The van der Waals surface area contributed by atoms with Gasteiger partial charge in [0.2, 0.25) is 0 Å². The molecule has 0 aromatic carbocycles. The average molecular weight is 258 g/mol. The lowest BCUT2D eigenvalue weighted by Gasteiger charge is -2.30. The Balaban J connectivity index is 3.95. The molecule has 0 radical (unpaired) electrons. The highest BCUT2D eigenvalue weighted by molar-refractivity contribution is 4.82. The van der Waals surface area contributed by atoms with Gasteiger partial charge in [-0.3, -0.25) is 0 Å². The van der Waals surface area contributed by atoms with Crippen LogP contribution in [0.4, 0.5) is 0 Å². The smallest absolute Gasteiger partial charge is 0.0610 e. The first-order valence-electron chi connectivity index (χ1n) is 7.70. The first-order chi connectivity index (χ1) is 8.61. The van der Waals surface area contributed by atoms with Crippen molar-refractivity contribution in [3.63, 3.8) is 0 Å². The van der Waals surface area contributed by atoms with Gasteiger partial charge in [-0.05, 0) is 65.2 Å². The highest BCUT2D eigenvalue weighted by Gasteiger charge is 2.21. The van der Waals surface area contributed by atoms with Crippen molar-refractivity contribution in [3.05, 3.63) is 0 Å². The van der Waals surface area contributed by atoms with E-state index in [0.717, 1.165) is 32.4 Å². The highest BCUT2D eigenvalue weighted by atomic mass is 16.3. The lowest BCUT2D eigenvalue weighted by atomic mass is 9.96. The molecule has 0 aliphatic heterocycles. The molecule has 2 N–H and O–H groups in total. The van der Waals surface area contributed by atoms with Gasteiger partial charge in [-0.25, -0.2) is 0 Å². The molecular weight excluding hydrogens is 224 g/mol. The summed E-state index contributed by atoms with van der Waals surface area (Å²) in [6, 6.07) is 0. The Kier molecular flexibility index (Phi) is 10.7. The molecule has 0 aromatic heterocycles. The zero-order valence-corrected chi connectivity index (χ0v) is 13.0. The third kappa shape index (κ3) is 8.06. The van der Waals surface area contributed by atoms with E-state index in [1.165, 1.54) is 25.9 Å². The number of nitrogens with one attached hydrogen (secondary N) is 1. The van der Waals surface area contributed by atoms with Crippen LogP contribution >= 0.6 is 0 Å². The van der Waals surface area contributed by atoms with Crippen LogP contribution in [0.5, 0.6) is 0 Å². The molecule has 0 heterocycles. The van der Waals surface area contributed by atoms with Crippen LogP contribution in [0.25, 0.3) is 0 Å². The first kappa shape index (κ1) is 17.9. The van der Waals surface area contributed by atoms with Crippen molar-refractivity contribution < 1.29 is 5.11 Å². The lowest BCUT2D eigenvalue weighted by molar-refractivity contribution is 0.156. The van der Waals surface area contributed by atoms with E-state index in [1.54, 1.807) is 0 Å². The second kappa shape index (κ2) is 10.8. The minimum absolute atomic E-state index is 0.0971. The van der Waals surface area contributed by atoms with Crippen molar-refractivity contribution in [1.82, 2.24) is 10.2 Å². The summed E-state index contributed by atoms with van der Waals surface area (Å²) < 4.78 is 0. The third-order valence-corrected chi connectivity index (χ3v) is 3.43. The normalized spacial score (nSPS) is 15.0. The molecule has 1 unspecified atom stereocenters. The molecule has 18 heavy (non-hydrogen) atoms. The molecule has 0 amide bonds. The highest BCUT2D eigenvalue weighted by Crippen LogP contribution is 2.12. The zero-order chi connectivity index (χ0) is 13.9. The minimum atomic E-state index is -0.0971. The standard InChI is InChI=1S/C15H34N2O/c1-5-10-16-15(4,14-18)9-8-13-17(11-6-2)12-7-3/h16,18H,5-14H2,1-4H3. The van der Waals surface area contributed by atoms with Crippen LogP contribution in [0, 0.1) is 0 Å². The first-order valence-corrected chi connectivity index (χ1v) is 7.70. The fourth-order valence-corrected chi connectivity index (χ4v) is 2.31. The summed E-state index contributed by atoms with van der Waals surface area (Å²) >= 11 is 0.